The maximum Gasteiger partial charge on any atom is 0.326 e. The summed E-state index contributed by atoms with van der Waals surface area (Å²) >= 11 is 0. The van der Waals surface area contributed by atoms with Gasteiger partial charge in [-0.15, -0.1) is 0 Å². The maximum atomic E-state index is 12.5. The summed E-state index contributed by atoms with van der Waals surface area (Å²) in [4.78, 5) is 36.4. The molecule has 0 radical (unpaired) electrons. The second-order valence-electron chi connectivity index (χ2n) is 6.43. The lowest BCUT2D eigenvalue weighted by molar-refractivity contribution is -0.142. The SMILES string of the molecule is [2H]/C(=C/C[C@H]1C(=O)CC[C@@H]1CC(=O)N[C@@H](Cc1ccccc1)C(=O)O)C([2H])([2H])C([2H])([2H])[2H]. The van der Waals surface area contributed by atoms with E-state index in [-0.39, 0.29) is 31.5 Å². The number of ketones is 1. The molecular weight excluding hydrogens is 330 g/mol. The number of allylic oxidation sites excluding steroid dienone is 2. The molecule has 5 nitrogen and oxygen atoms in total. The molecule has 26 heavy (non-hydrogen) atoms. The number of Topliss-reactive ketones (excluding diaryl/α,β-unsaturated/α-hetero) is 1. The van der Waals surface area contributed by atoms with Gasteiger partial charge in [0.1, 0.15) is 11.8 Å². The Labute approximate surface area is 162 Å². The molecule has 1 saturated carbocycles. The number of aliphatic carboxylic acids is 1. The highest BCUT2D eigenvalue weighted by Crippen LogP contribution is 2.34. The molecule has 0 spiro atoms. The third kappa shape index (κ3) is 5.83. The van der Waals surface area contributed by atoms with Gasteiger partial charge in [0.2, 0.25) is 5.91 Å². The van der Waals surface area contributed by atoms with Crippen molar-refractivity contribution in [3.8, 4) is 0 Å². The fraction of sp³-hybridized carbons (Fsp3) is 0.476. The van der Waals surface area contributed by atoms with Crippen molar-refractivity contribution < 1.29 is 27.7 Å². The Morgan fingerprint density at radius 3 is 2.92 bits per heavy atom. The molecule has 0 aliphatic heterocycles. The molecule has 0 heterocycles. The van der Waals surface area contributed by atoms with Gasteiger partial charge in [0, 0.05) is 32.0 Å². The summed E-state index contributed by atoms with van der Waals surface area (Å²) in [7, 11) is 0. The van der Waals surface area contributed by atoms with E-state index in [2.05, 4.69) is 5.32 Å². The number of carboxylic acid groups (broad SMARTS) is 1. The molecular formula is C21H27NO4. The van der Waals surface area contributed by atoms with Crippen LogP contribution in [0.15, 0.2) is 42.5 Å². The van der Waals surface area contributed by atoms with Gasteiger partial charge in [-0.05, 0) is 30.7 Å². The van der Waals surface area contributed by atoms with Crippen molar-refractivity contribution in [1.29, 1.82) is 0 Å². The first-order chi connectivity index (χ1) is 14.8. The largest absolute Gasteiger partial charge is 0.480 e. The lowest BCUT2D eigenvalue weighted by Crippen LogP contribution is -2.43. The minimum Gasteiger partial charge on any atom is -0.480 e. The van der Waals surface area contributed by atoms with Crippen LogP contribution in [0.3, 0.4) is 0 Å². The highest BCUT2D eigenvalue weighted by Gasteiger charge is 2.35. The fourth-order valence-electron chi connectivity index (χ4n) is 3.32. The first-order valence-electron chi connectivity index (χ1n) is 11.6. The summed E-state index contributed by atoms with van der Waals surface area (Å²) in [6, 6.07) is 7.02. The van der Waals surface area contributed by atoms with E-state index in [0.717, 1.165) is 11.6 Å². The van der Waals surface area contributed by atoms with Crippen LogP contribution in [0.25, 0.3) is 0 Å². The van der Waals surface area contributed by atoms with Crippen molar-refractivity contribution in [1.82, 2.24) is 5.32 Å². The monoisotopic (exact) mass is 363 g/mol. The standard InChI is InChI=1S/C21H27NO4/c1-2-3-5-10-17-16(11-12-19(17)23)14-20(24)22-18(21(25)26)13-15-8-6-4-7-9-15/h3-9,16-18H,2,10-14H2,1H3,(H,22,24)(H,25,26)/b5-3-/t16-,17-,18+/m1/s1/i1D3,2D2,3D. The molecule has 0 aromatic heterocycles. The molecule has 1 aromatic rings. The summed E-state index contributed by atoms with van der Waals surface area (Å²) in [6.45, 7) is -3.01. The number of rotatable bonds is 9. The smallest absolute Gasteiger partial charge is 0.326 e. The maximum absolute atomic E-state index is 12.5. The topological polar surface area (TPSA) is 83.5 Å². The van der Waals surface area contributed by atoms with Crippen molar-refractivity contribution in [3.05, 3.63) is 48.0 Å². The minimum absolute atomic E-state index is 0.0441. The average Bonchev–Trinajstić information content (AvgIpc) is 3.04. The Hall–Kier alpha value is -2.43. The normalized spacial score (nSPS) is 25.8. The van der Waals surface area contributed by atoms with Crippen molar-refractivity contribution in [2.45, 2.75) is 51.4 Å². The minimum atomic E-state index is -3.01. The highest BCUT2D eigenvalue weighted by molar-refractivity contribution is 5.87. The number of carbonyl (C=O) groups is 3. The van der Waals surface area contributed by atoms with Crippen LogP contribution in [0, 0.1) is 11.8 Å². The third-order valence-electron chi connectivity index (χ3n) is 4.65. The van der Waals surface area contributed by atoms with Crippen LogP contribution in [0.4, 0.5) is 0 Å². The molecule has 0 saturated heterocycles. The molecule has 5 heteroatoms. The zero-order valence-corrected chi connectivity index (χ0v) is 14.4. The predicted molar refractivity (Wildman–Crippen MR) is 99.6 cm³/mol. The van der Waals surface area contributed by atoms with E-state index in [1.54, 1.807) is 30.3 Å². The first-order valence-corrected chi connectivity index (χ1v) is 8.59. The van der Waals surface area contributed by atoms with Gasteiger partial charge >= 0.3 is 5.97 Å². The van der Waals surface area contributed by atoms with Gasteiger partial charge in [-0.3, -0.25) is 9.59 Å². The van der Waals surface area contributed by atoms with E-state index in [9.17, 15) is 19.5 Å². The van der Waals surface area contributed by atoms with Crippen LogP contribution in [-0.2, 0) is 20.8 Å². The third-order valence-corrected chi connectivity index (χ3v) is 4.65. The Kier molecular flexibility index (Phi) is 4.89. The molecule has 140 valence electrons. The molecule has 3 atom stereocenters. The quantitative estimate of drug-likeness (QED) is 0.660. The van der Waals surface area contributed by atoms with Crippen molar-refractivity contribution in [2.75, 3.05) is 0 Å². The van der Waals surface area contributed by atoms with Gasteiger partial charge < -0.3 is 10.4 Å². The average molecular weight is 363 g/mol. The second kappa shape index (κ2) is 9.90. The van der Waals surface area contributed by atoms with Crippen LogP contribution in [-0.4, -0.2) is 28.8 Å². The lowest BCUT2D eigenvalue weighted by atomic mass is 9.89. The zero-order chi connectivity index (χ0) is 24.1. The molecule has 2 rings (SSSR count). The van der Waals surface area contributed by atoms with Crippen molar-refractivity contribution >= 4 is 17.7 Å². The second-order valence-corrected chi connectivity index (χ2v) is 6.43. The molecule has 1 aromatic carbocycles. The van der Waals surface area contributed by atoms with Crippen LogP contribution in [0.1, 0.15) is 52.7 Å². The zero-order valence-electron chi connectivity index (χ0n) is 20.4. The fourth-order valence-corrected chi connectivity index (χ4v) is 3.32. The Balaban J connectivity index is 2.02. The number of carboxylic acids is 1. The van der Waals surface area contributed by atoms with Crippen LogP contribution < -0.4 is 5.32 Å². The van der Waals surface area contributed by atoms with E-state index in [1.165, 1.54) is 0 Å². The van der Waals surface area contributed by atoms with Gasteiger partial charge in [-0.25, -0.2) is 4.79 Å². The van der Waals surface area contributed by atoms with E-state index < -0.39 is 49.0 Å². The molecule has 0 bridgehead atoms. The Morgan fingerprint density at radius 1 is 1.46 bits per heavy atom. The number of carbonyl (C=O) groups excluding carboxylic acids is 2. The molecule has 2 N–H and O–H groups in total. The molecule has 1 aliphatic carbocycles. The van der Waals surface area contributed by atoms with Crippen molar-refractivity contribution in [2.24, 2.45) is 11.8 Å². The number of hydrogen-bond donors (Lipinski definition) is 2. The molecule has 1 aliphatic rings. The Bertz CT molecular complexity index is 869. The van der Waals surface area contributed by atoms with Crippen LogP contribution in [0.5, 0.6) is 0 Å². The summed E-state index contributed by atoms with van der Waals surface area (Å²) in [5.74, 6) is -2.86. The van der Waals surface area contributed by atoms with E-state index >= 15 is 0 Å². The molecule has 1 fully saturated rings. The molecule has 0 unspecified atom stereocenters. The van der Waals surface area contributed by atoms with Gasteiger partial charge in [0.25, 0.3) is 0 Å². The van der Waals surface area contributed by atoms with E-state index in [1.807, 2.05) is 0 Å². The first kappa shape index (κ1) is 12.8. The lowest BCUT2D eigenvalue weighted by Gasteiger charge is -2.19. The summed E-state index contributed by atoms with van der Waals surface area (Å²) in [6.07, 6.45) is -1.11. The van der Waals surface area contributed by atoms with E-state index in [0.29, 0.717) is 6.42 Å². The van der Waals surface area contributed by atoms with Crippen LogP contribution in [0.2, 0.25) is 0 Å². The highest BCUT2D eigenvalue weighted by atomic mass is 16.4. The van der Waals surface area contributed by atoms with Crippen molar-refractivity contribution in [3.63, 3.8) is 0 Å². The number of nitrogens with one attached hydrogen (secondary N) is 1. The predicted octanol–water partition coefficient (Wildman–Crippen LogP) is 3.14. The summed E-state index contributed by atoms with van der Waals surface area (Å²) in [5, 5.41) is 11.9. The van der Waals surface area contributed by atoms with E-state index in [4.69, 9.17) is 8.22 Å². The summed E-state index contributed by atoms with van der Waals surface area (Å²) < 4.78 is 44.7. The summed E-state index contributed by atoms with van der Waals surface area (Å²) in [5.41, 5.74) is 0.755. The van der Waals surface area contributed by atoms with Gasteiger partial charge in [0.15, 0.2) is 0 Å². The van der Waals surface area contributed by atoms with Gasteiger partial charge in [-0.1, -0.05) is 49.3 Å². The Morgan fingerprint density at radius 2 is 2.23 bits per heavy atom. The number of hydrogen-bond acceptors (Lipinski definition) is 3. The molecule has 1 amide bonds. The number of benzene rings is 1. The van der Waals surface area contributed by atoms with Gasteiger partial charge in [-0.2, -0.15) is 0 Å². The number of amides is 1. The van der Waals surface area contributed by atoms with Crippen LogP contribution >= 0.6 is 0 Å². The van der Waals surface area contributed by atoms with Gasteiger partial charge in [0.05, 0.1) is 1.37 Å².